The summed E-state index contributed by atoms with van der Waals surface area (Å²) in [5, 5.41) is 22.7. The molecular formula is C19H15ClIN3O5. The van der Waals surface area contributed by atoms with Crippen LogP contribution in [0.5, 0.6) is 11.5 Å². The lowest BCUT2D eigenvalue weighted by atomic mass is 10.1. The van der Waals surface area contributed by atoms with Gasteiger partial charge in [-0.3, -0.25) is 14.9 Å². The molecule has 2 rings (SSSR count). The minimum atomic E-state index is -0.702. The number of nitriles is 1. The molecule has 0 spiro atoms. The molecule has 0 aliphatic carbocycles. The van der Waals surface area contributed by atoms with E-state index in [1.807, 2.05) is 13.0 Å². The molecule has 0 saturated carbocycles. The van der Waals surface area contributed by atoms with E-state index in [0.29, 0.717) is 23.7 Å². The molecule has 0 saturated heterocycles. The van der Waals surface area contributed by atoms with Crippen molar-refractivity contribution in [1.29, 1.82) is 5.26 Å². The zero-order valence-corrected chi connectivity index (χ0v) is 18.3. The summed E-state index contributed by atoms with van der Waals surface area (Å²) in [5.74, 6) is 0.349. The van der Waals surface area contributed by atoms with Crippen LogP contribution in [0.2, 0.25) is 5.02 Å². The second-order valence-corrected chi connectivity index (χ2v) is 7.08. The number of nitro groups is 1. The number of nitrogens with one attached hydrogen (secondary N) is 1. The van der Waals surface area contributed by atoms with Gasteiger partial charge < -0.3 is 14.8 Å². The maximum Gasteiger partial charge on any atom is 0.271 e. The van der Waals surface area contributed by atoms with Gasteiger partial charge in [0.05, 0.1) is 32.9 Å². The summed E-state index contributed by atoms with van der Waals surface area (Å²) in [5.41, 5.74) is 0.339. The Labute approximate surface area is 185 Å². The zero-order chi connectivity index (χ0) is 21.6. The van der Waals surface area contributed by atoms with Crippen molar-refractivity contribution in [3.8, 4) is 17.6 Å². The molecule has 0 bridgehead atoms. The highest BCUT2D eigenvalue weighted by Crippen LogP contribution is 2.34. The molecule has 2 aromatic rings. The normalized spacial score (nSPS) is 10.8. The summed E-state index contributed by atoms with van der Waals surface area (Å²) in [6, 6.07) is 8.87. The summed E-state index contributed by atoms with van der Waals surface area (Å²) in [4.78, 5) is 22.7. The highest BCUT2D eigenvalue weighted by atomic mass is 127. The number of rotatable bonds is 7. The number of benzene rings is 2. The Hall–Kier alpha value is -2.84. The van der Waals surface area contributed by atoms with E-state index in [0.717, 1.165) is 9.64 Å². The lowest BCUT2D eigenvalue weighted by Gasteiger charge is -2.12. The second kappa shape index (κ2) is 10.1. The molecule has 0 fully saturated rings. The van der Waals surface area contributed by atoms with Gasteiger partial charge in [0, 0.05) is 12.1 Å². The van der Waals surface area contributed by atoms with E-state index in [9.17, 15) is 20.2 Å². The number of non-ortho nitro benzene ring substituents is 1. The van der Waals surface area contributed by atoms with Crippen LogP contribution in [-0.4, -0.2) is 24.5 Å². The molecule has 0 aliphatic heterocycles. The Morgan fingerprint density at radius 3 is 2.69 bits per heavy atom. The van der Waals surface area contributed by atoms with Crippen LogP contribution in [0, 0.1) is 25.0 Å². The van der Waals surface area contributed by atoms with Crippen molar-refractivity contribution in [2.75, 3.05) is 19.0 Å². The molecule has 0 unspecified atom stereocenters. The van der Waals surface area contributed by atoms with Crippen LogP contribution >= 0.6 is 34.2 Å². The highest BCUT2D eigenvalue weighted by molar-refractivity contribution is 14.1. The number of nitrogens with zero attached hydrogens (tertiary/aromatic N) is 2. The maximum absolute atomic E-state index is 12.5. The van der Waals surface area contributed by atoms with Gasteiger partial charge in [-0.15, -0.1) is 0 Å². The number of methoxy groups -OCH3 is 1. The standard InChI is InChI=1S/C19H15ClIN3O5/c1-3-29-17-8-11(7-15(21)18(17)28-2)6-12(10-22)19(25)23-16-5-4-13(24(26)27)9-14(16)20/h4-9H,3H2,1-2H3,(H,23,25). The number of halogens is 2. The maximum atomic E-state index is 12.5. The predicted molar refractivity (Wildman–Crippen MR) is 117 cm³/mol. The van der Waals surface area contributed by atoms with Gasteiger partial charge >= 0.3 is 0 Å². The van der Waals surface area contributed by atoms with Gasteiger partial charge in [0.2, 0.25) is 0 Å². The van der Waals surface area contributed by atoms with Crippen molar-refractivity contribution in [3.05, 3.63) is 60.2 Å². The van der Waals surface area contributed by atoms with Crippen LogP contribution in [0.15, 0.2) is 35.9 Å². The molecule has 0 aliphatic rings. The van der Waals surface area contributed by atoms with Gasteiger partial charge in [-0.25, -0.2) is 0 Å². The average molecular weight is 528 g/mol. The topological polar surface area (TPSA) is 114 Å². The van der Waals surface area contributed by atoms with E-state index in [-0.39, 0.29) is 22.0 Å². The van der Waals surface area contributed by atoms with Gasteiger partial charge in [-0.1, -0.05) is 11.6 Å². The summed E-state index contributed by atoms with van der Waals surface area (Å²) in [6.07, 6.45) is 1.40. The minimum Gasteiger partial charge on any atom is -0.492 e. The van der Waals surface area contributed by atoms with Gasteiger partial charge in [0.25, 0.3) is 11.6 Å². The number of carbonyl (C=O) groups is 1. The van der Waals surface area contributed by atoms with Crippen molar-refractivity contribution in [2.24, 2.45) is 0 Å². The number of carbonyl (C=O) groups excluding carboxylic acids is 1. The number of amides is 1. The monoisotopic (exact) mass is 527 g/mol. The van der Waals surface area contributed by atoms with E-state index in [2.05, 4.69) is 27.9 Å². The van der Waals surface area contributed by atoms with Crippen LogP contribution in [0.4, 0.5) is 11.4 Å². The lowest BCUT2D eigenvalue weighted by Crippen LogP contribution is -2.13. The fourth-order valence-electron chi connectivity index (χ4n) is 2.36. The molecular weight excluding hydrogens is 513 g/mol. The molecule has 0 atom stereocenters. The molecule has 29 heavy (non-hydrogen) atoms. The predicted octanol–water partition coefficient (Wildman–Crippen LogP) is 4.81. The molecule has 1 amide bonds. The lowest BCUT2D eigenvalue weighted by molar-refractivity contribution is -0.384. The first kappa shape index (κ1) is 22.4. The van der Waals surface area contributed by atoms with Gasteiger partial charge in [-0.2, -0.15) is 5.26 Å². The third-order valence-electron chi connectivity index (χ3n) is 3.62. The average Bonchev–Trinajstić information content (AvgIpc) is 2.67. The highest BCUT2D eigenvalue weighted by Gasteiger charge is 2.16. The molecule has 150 valence electrons. The summed E-state index contributed by atoms with van der Waals surface area (Å²) < 4.78 is 11.6. The van der Waals surface area contributed by atoms with Gasteiger partial charge in [0.1, 0.15) is 11.6 Å². The van der Waals surface area contributed by atoms with E-state index >= 15 is 0 Å². The smallest absolute Gasteiger partial charge is 0.271 e. The van der Waals surface area contributed by atoms with Gasteiger partial charge in [0.15, 0.2) is 11.5 Å². The SMILES string of the molecule is CCOc1cc(C=C(C#N)C(=O)Nc2ccc([N+](=O)[O-])cc2Cl)cc(I)c1OC. The number of hydrogen-bond acceptors (Lipinski definition) is 6. The first-order chi connectivity index (χ1) is 13.8. The largest absolute Gasteiger partial charge is 0.492 e. The number of anilines is 1. The summed E-state index contributed by atoms with van der Waals surface area (Å²) >= 11 is 8.05. The van der Waals surface area contributed by atoms with Gasteiger partial charge in [-0.05, 0) is 59.4 Å². The van der Waals surface area contributed by atoms with Crippen LogP contribution in [0.1, 0.15) is 12.5 Å². The Balaban J connectivity index is 2.33. The summed E-state index contributed by atoms with van der Waals surface area (Å²) in [7, 11) is 1.53. The Kier molecular flexibility index (Phi) is 7.81. The third-order valence-corrected chi connectivity index (χ3v) is 4.74. The van der Waals surface area contributed by atoms with E-state index < -0.39 is 10.8 Å². The van der Waals surface area contributed by atoms with Crippen LogP contribution in [-0.2, 0) is 4.79 Å². The van der Waals surface area contributed by atoms with Crippen LogP contribution < -0.4 is 14.8 Å². The number of nitro benzene ring substituents is 1. The van der Waals surface area contributed by atoms with E-state index in [4.69, 9.17) is 21.1 Å². The third kappa shape index (κ3) is 5.58. The fraction of sp³-hybridized carbons (Fsp3) is 0.158. The van der Waals surface area contributed by atoms with Crippen molar-refractivity contribution < 1.29 is 19.2 Å². The molecule has 0 aromatic heterocycles. The molecule has 1 N–H and O–H groups in total. The van der Waals surface area contributed by atoms with Crippen molar-refractivity contribution in [3.63, 3.8) is 0 Å². The first-order valence-electron chi connectivity index (χ1n) is 8.18. The quantitative estimate of drug-likeness (QED) is 0.182. The van der Waals surface area contributed by atoms with Crippen LogP contribution in [0.3, 0.4) is 0 Å². The molecule has 10 heteroatoms. The molecule has 0 heterocycles. The zero-order valence-electron chi connectivity index (χ0n) is 15.4. The summed E-state index contributed by atoms with van der Waals surface area (Å²) in [6.45, 7) is 2.25. The number of ether oxygens (including phenoxy) is 2. The molecule has 0 radical (unpaired) electrons. The Morgan fingerprint density at radius 2 is 2.14 bits per heavy atom. The fourth-order valence-corrected chi connectivity index (χ4v) is 3.42. The first-order valence-corrected chi connectivity index (χ1v) is 9.63. The molecule has 2 aromatic carbocycles. The van der Waals surface area contributed by atoms with Crippen molar-refractivity contribution >= 4 is 57.5 Å². The number of hydrogen-bond donors (Lipinski definition) is 1. The Morgan fingerprint density at radius 1 is 1.41 bits per heavy atom. The van der Waals surface area contributed by atoms with E-state index in [1.165, 1.54) is 25.3 Å². The van der Waals surface area contributed by atoms with Crippen molar-refractivity contribution in [1.82, 2.24) is 0 Å². The second-order valence-electron chi connectivity index (χ2n) is 5.51. The van der Waals surface area contributed by atoms with Crippen LogP contribution in [0.25, 0.3) is 6.08 Å². The van der Waals surface area contributed by atoms with Crippen molar-refractivity contribution in [2.45, 2.75) is 6.92 Å². The minimum absolute atomic E-state index is 0.0116. The molecule has 8 nitrogen and oxygen atoms in total. The Bertz CT molecular complexity index is 1030. The van der Waals surface area contributed by atoms with E-state index in [1.54, 1.807) is 12.1 Å².